The predicted molar refractivity (Wildman–Crippen MR) is 115 cm³/mol. The van der Waals surface area contributed by atoms with E-state index in [-0.39, 0.29) is 50.0 Å². The van der Waals surface area contributed by atoms with Gasteiger partial charge in [0.25, 0.3) is 5.69 Å². The summed E-state index contributed by atoms with van der Waals surface area (Å²) in [4.78, 5) is 48.7. The Morgan fingerprint density at radius 3 is 2.06 bits per heavy atom. The van der Waals surface area contributed by atoms with E-state index >= 15 is 0 Å². The molecule has 0 bridgehead atoms. The van der Waals surface area contributed by atoms with Crippen molar-refractivity contribution in [3.63, 3.8) is 0 Å². The van der Waals surface area contributed by atoms with Gasteiger partial charge < -0.3 is 10.6 Å². The van der Waals surface area contributed by atoms with Gasteiger partial charge in [0.2, 0.25) is 5.91 Å². The average Bonchev–Trinajstić information content (AvgIpc) is 2.73. The van der Waals surface area contributed by atoms with Gasteiger partial charge in [0, 0.05) is 30.2 Å². The summed E-state index contributed by atoms with van der Waals surface area (Å²) in [6.07, 6.45) is 0. The Balaban J connectivity index is 1.91. The van der Waals surface area contributed by atoms with Crippen LogP contribution in [0.3, 0.4) is 0 Å². The number of benzene rings is 3. The van der Waals surface area contributed by atoms with E-state index < -0.39 is 22.4 Å². The quantitative estimate of drug-likeness (QED) is 0.353. The number of carbonyl (C=O) groups is 3. The number of nitro groups is 1. The fourth-order valence-electron chi connectivity index (χ4n) is 3.49. The summed E-state index contributed by atoms with van der Waals surface area (Å²) in [5.74, 6) is -1.23. The third-order valence-electron chi connectivity index (χ3n) is 4.82. The van der Waals surface area contributed by atoms with Crippen molar-refractivity contribution >= 4 is 51.8 Å². The molecule has 0 aliphatic heterocycles. The van der Waals surface area contributed by atoms with Crippen molar-refractivity contribution in [3.8, 4) is 0 Å². The second kappa shape index (κ2) is 7.66. The molecule has 0 spiro atoms. The van der Waals surface area contributed by atoms with E-state index in [1.807, 2.05) is 0 Å². The first-order valence-corrected chi connectivity index (χ1v) is 9.49. The van der Waals surface area contributed by atoms with Crippen LogP contribution in [0.2, 0.25) is 5.02 Å². The molecule has 0 heterocycles. The number of fused-ring (bicyclic) bond motifs is 2. The number of nitro benzene ring substituents is 1. The SMILES string of the molecule is CC(=O)Nc1ccc(Nc2cc([N+](=O)[O-])ccc2Cl)c2c1C(=O)c1ccccc1C2=O. The second-order valence-electron chi connectivity index (χ2n) is 6.84. The minimum absolute atomic E-state index is 0.0467. The number of nitrogens with zero attached hydrogens (tertiary/aromatic N) is 1. The van der Waals surface area contributed by atoms with Gasteiger partial charge in [-0.25, -0.2) is 0 Å². The van der Waals surface area contributed by atoms with Gasteiger partial charge >= 0.3 is 0 Å². The van der Waals surface area contributed by atoms with E-state index in [0.29, 0.717) is 0 Å². The monoisotopic (exact) mass is 435 g/mol. The highest BCUT2D eigenvalue weighted by Gasteiger charge is 2.34. The summed E-state index contributed by atoms with van der Waals surface area (Å²) < 4.78 is 0. The molecular weight excluding hydrogens is 422 g/mol. The number of hydrogen-bond donors (Lipinski definition) is 2. The Kier molecular flexibility index (Phi) is 5.00. The summed E-state index contributed by atoms with van der Waals surface area (Å²) in [7, 11) is 0. The van der Waals surface area contributed by atoms with Gasteiger partial charge in [-0.15, -0.1) is 0 Å². The minimum atomic E-state index is -0.568. The number of hydrogen-bond acceptors (Lipinski definition) is 6. The largest absolute Gasteiger partial charge is 0.353 e. The van der Waals surface area contributed by atoms with Crippen LogP contribution < -0.4 is 10.6 Å². The molecule has 154 valence electrons. The number of nitrogens with one attached hydrogen (secondary N) is 2. The van der Waals surface area contributed by atoms with Crippen molar-refractivity contribution in [2.24, 2.45) is 0 Å². The van der Waals surface area contributed by atoms with Gasteiger partial charge in [-0.3, -0.25) is 24.5 Å². The van der Waals surface area contributed by atoms with Crippen molar-refractivity contribution < 1.29 is 19.3 Å². The van der Waals surface area contributed by atoms with Crippen molar-refractivity contribution in [2.45, 2.75) is 6.92 Å². The molecule has 4 rings (SSSR count). The molecule has 0 aromatic heterocycles. The van der Waals surface area contributed by atoms with Crippen LogP contribution in [0.25, 0.3) is 0 Å². The van der Waals surface area contributed by atoms with Crippen LogP contribution in [0.4, 0.5) is 22.7 Å². The zero-order valence-electron chi connectivity index (χ0n) is 16.1. The number of ketones is 2. The van der Waals surface area contributed by atoms with Gasteiger partial charge in [-0.05, 0) is 18.2 Å². The van der Waals surface area contributed by atoms with Crippen LogP contribution >= 0.6 is 11.6 Å². The van der Waals surface area contributed by atoms with E-state index in [1.165, 1.54) is 37.3 Å². The Morgan fingerprint density at radius 2 is 1.48 bits per heavy atom. The first-order valence-electron chi connectivity index (χ1n) is 9.12. The molecule has 3 aromatic carbocycles. The Hall–Kier alpha value is -4.04. The van der Waals surface area contributed by atoms with E-state index in [4.69, 9.17) is 11.6 Å². The Morgan fingerprint density at radius 1 is 0.903 bits per heavy atom. The molecule has 8 nitrogen and oxygen atoms in total. The maximum absolute atomic E-state index is 13.3. The lowest BCUT2D eigenvalue weighted by Gasteiger charge is -2.23. The molecule has 2 N–H and O–H groups in total. The van der Waals surface area contributed by atoms with E-state index in [1.54, 1.807) is 24.3 Å². The zero-order valence-corrected chi connectivity index (χ0v) is 16.8. The fraction of sp³-hybridized carbons (Fsp3) is 0.0455. The van der Waals surface area contributed by atoms with E-state index in [0.717, 1.165) is 0 Å². The molecule has 31 heavy (non-hydrogen) atoms. The van der Waals surface area contributed by atoms with Crippen molar-refractivity contribution in [1.82, 2.24) is 0 Å². The summed E-state index contributed by atoms with van der Waals surface area (Å²) in [5, 5.41) is 16.8. The topological polar surface area (TPSA) is 118 Å². The number of carbonyl (C=O) groups excluding carboxylic acids is 3. The van der Waals surface area contributed by atoms with Gasteiger partial charge in [0.1, 0.15) is 0 Å². The van der Waals surface area contributed by atoms with Crippen LogP contribution in [-0.4, -0.2) is 22.4 Å². The molecule has 0 unspecified atom stereocenters. The zero-order chi connectivity index (χ0) is 22.3. The lowest BCUT2D eigenvalue weighted by atomic mass is 9.82. The Bertz CT molecular complexity index is 1300. The fourth-order valence-corrected chi connectivity index (χ4v) is 3.65. The molecular formula is C22H14ClN3O5. The number of halogens is 1. The standard InChI is InChI=1S/C22H14ClN3O5/c1-11(27)24-16-8-9-17(25-18-10-12(26(30)31)6-7-15(18)23)20-19(16)21(28)13-4-2-3-5-14(13)22(20)29/h2-10,25H,1H3,(H,24,27). The summed E-state index contributed by atoms with van der Waals surface area (Å²) in [6, 6.07) is 13.3. The van der Waals surface area contributed by atoms with Gasteiger partial charge in [-0.1, -0.05) is 35.9 Å². The molecule has 3 aromatic rings. The van der Waals surface area contributed by atoms with Gasteiger partial charge in [0.05, 0.1) is 38.1 Å². The number of rotatable bonds is 4. The number of amides is 1. The normalized spacial score (nSPS) is 12.1. The molecule has 1 amide bonds. The molecule has 1 aliphatic carbocycles. The first kappa shape index (κ1) is 20.2. The molecule has 0 atom stereocenters. The van der Waals surface area contributed by atoms with Crippen LogP contribution in [0.5, 0.6) is 0 Å². The smallest absolute Gasteiger partial charge is 0.271 e. The van der Waals surface area contributed by atoms with Crippen molar-refractivity contribution in [2.75, 3.05) is 10.6 Å². The van der Waals surface area contributed by atoms with E-state index in [9.17, 15) is 24.5 Å². The summed E-state index contributed by atoms with van der Waals surface area (Å²) >= 11 is 6.19. The number of non-ortho nitro benzene ring substituents is 1. The van der Waals surface area contributed by atoms with Gasteiger partial charge in [-0.2, -0.15) is 0 Å². The predicted octanol–water partition coefficient (Wildman–Crippen LogP) is 4.73. The highest BCUT2D eigenvalue weighted by molar-refractivity contribution is 6.34. The van der Waals surface area contributed by atoms with E-state index in [2.05, 4.69) is 10.6 Å². The van der Waals surface area contributed by atoms with Crippen LogP contribution in [0.1, 0.15) is 38.8 Å². The summed E-state index contributed by atoms with van der Waals surface area (Å²) in [6.45, 7) is 1.30. The second-order valence-corrected chi connectivity index (χ2v) is 7.25. The summed E-state index contributed by atoms with van der Waals surface area (Å²) in [5.41, 5.74) is 1.01. The molecule has 1 aliphatic rings. The molecule has 0 radical (unpaired) electrons. The first-order chi connectivity index (χ1) is 14.8. The third-order valence-corrected chi connectivity index (χ3v) is 5.15. The maximum Gasteiger partial charge on any atom is 0.271 e. The molecule has 9 heteroatoms. The number of anilines is 3. The third kappa shape index (κ3) is 3.53. The highest BCUT2D eigenvalue weighted by Crippen LogP contribution is 2.39. The van der Waals surface area contributed by atoms with Crippen LogP contribution in [0.15, 0.2) is 54.6 Å². The minimum Gasteiger partial charge on any atom is -0.353 e. The molecule has 0 saturated heterocycles. The lowest BCUT2D eigenvalue weighted by Crippen LogP contribution is -2.24. The van der Waals surface area contributed by atoms with Crippen molar-refractivity contribution in [1.29, 1.82) is 0 Å². The highest BCUT2D eigenvalue weighted by atomic mass is 35.5. The molecule has 0 fully saturated rings. The average molecular weight is 436 g/mol. The molecule has 0 saturated carbocycles. The van der Waals surface area contributed by atoms with Crippen LogP contribution in [-0.2, 0) is 4.79 Å². The van der Waals surface area contributed by atoms with Crippen molar-refractivity contribution in [3.05, 3.63) is 92.0 Å². The Labute approximate surface area is 181 Å². The van der Waals surface area contributed by atoms with Gasteiger partial charge in [0.15, 0.2) is 11.6 Å². The maximum atomic E-state index is 13.3. The van der Waals surface area contributed by atoms with Crippen LogP contribution in [0, 0.1) is 10.1 Å². The lowest BCUT2D eigenvalue weighted by molar-refractivity contribution is -0.384.